The molecule has 0 aromatic carbocycles. The molecular weight excluding hydrogens is 160 g/mol. The van der Waals surface area contributed by atoms with Gasteiger partial charge in [-0.3, -0.25) is 0 Å². The average molecular weight is 182 g/mol. The monoisotopic (exact) mass is 182 g/mol. The minimum atomic E-state index is 0.431. The SMILES string of the molecule is CN1CCC(C2C(N)C2(C)C)CC1. The van der Waals surface area contributed by atoms with Crippen molar-refractivity contribution in [3.8, 4) is 0 Å². The molecule has 0 spiro atoms. The molecule has 1 aliphatic heterocycles. The van der Waals surface area contributed by atoms with Crippen molar-refractivity contribution in [2.75, 3.05) is 20.1 Å². The second kappa shape index (κ2) is 2.96. The third-order valence-corrected chi connectivity index (χ3v) is 4.27. The van der Waals surface area contributed by atoms with Gasteiger partial charge in [-0.25, -0.2) is 0 Å². The van der Waals surface area contributed by atoms with Crippen molar-refractivity contribution >= 4 is 0 Å². The lowest BCUT2D eigenvalue weighted by Gasteiger charge is -2.29. The van der Waals surface area contributed by atoms with Gasteiger partial charge in [0.1, 0.15) is 0 Å². The second-order valence-corrected chi connectivity index (χ2v) is 5.51. The van der Waals surface area contributed by atoms with Crippen molar-refractivity contribution in [1.29, 1.82) is 0 Å². The lowest BCUT2D eigenvalue weighted by atomic mass is 9.88. The van der Waals surface area contributed by atoms with E-state index in [1.165, 1.54) is 25.9 Å². The summed E-state index contributed by atoms with van der Waals surface area (Å²) in [4.78, 5) is 2.43. The van der Waals surface area contributed by atoms with Crippen molar-refractivity contribution < 1.29 is 0 Å². The molecule has 1 saturated carbocycles. The fourth-order valence-corrected chi connectivity index (χ4v) is 3.01. The molecule has 13 heavy (non-hydrogen) atoms. The van der Waals surface area contributed by atoms with E-state index in [0.29, 0.717) is 11.5 Å². The first-order valence-corrected chi connectivity index (χ1v) is 5.47. The van der Waals surface area contributed by atoms with Crippen LogP contribution >= 0.6 is 0 Å². The van der Waals surface area contributed by atoms with Crippen molar-refractivity contribution in [1.82, 2.24) is 4.90 Å². The van der Waals surface area contributed by atoms with E-state index in [0.717, 1.165) is 11.8 Å². The summed E-state index contributed by atoms with van der Waals surface area (Å²) < 4.78 is 0. The molecule has 2 N–H and O–H groups in total. The zero-order chi connectivity index (χ0) is 9.64. The van der Waals surface area contributed by atoms with E-state index in [2.05, 4.69) is 25.8 Å². The Morgan fingerprint density at radius 2 is 1.69 bits per heavy atom. The van der Waals surface area contributed by atoms with Crippen LogP contribution in [0.15, 0.2) is 0 Å². The zero-order valence-electron chi connectivity index (χ0n) is 9.09. The molecule has 2 unspecified atom stereocenters. The first-order valence-electron chi connectivity index (χ1n) is 5.47. The minimum Gasteiger partial charge on any atom is -0.327 e. The summed E-state index contributed by atoms with van der Waals surface area (Å²) in [6.45, 7) is 7.18. The molecule has 76 valence electrons. The third kappa shape index (κ3) is 1.50. The predicted molar refractivity (Wildman–Crippen MR) is 55.5 cm³/mol. The summed E-state index contributed by atoms with van der Waals surface area (Å²) in [5.41, 5.74) is 6.53. The van der Waals surface area contributed by atoms with Crippen LogP contribution in [-0.4, -0.2) is 31.1 Å². The highest BCUT2D eigenvalue weighted by Crippen LogP contribution is 2.56. The van der Waals surface area contributed by atoms with Gasteiger partial charge in [0.15, 0.2) is 0 Å². The molecule has 1 saturated heterocycles. The number of hydrogen-bond acceptors (Lipinski definition) is 2. The molecule has 2 aliphatic rings. The summed E-state index contributed by atoms with van der Waals surface area (Å²) in [6.07, 6.45) is 2.72. The summed E-state index contributed by atoms with van der Waals surface area (Å²) in [5, 5.41) is 0. The van der Waals surface area contributed by atoms with Gasteiger partial charge in [0.25, 0.3) is 0 Å². The van der Waals surface area contributed by atoms with Gasteiger partial charge < -0.3 is 10.6 Å². The molecule has 2 fully saturated rings. The summed E-state index contributed by atoms with van der Waals surface area (Å²) in [5.74, 6) is 1.71. The van der Waals surface area contributed by atoms with Crippen LogP contribution in [0.4, 0.5) is 0 Å². The Hall–Kier alpha value is -0.0800. The molecule has 0 aromatic rings. The molecule has 1 aliphatic carbocycles. The van der Waals surface area contributed by atoms with E-state index in [1.54, 1.807) is 0 Å². The fraction of sp³-hybridized carbons (Fsp3) is 1.00. The van der Waals surface area contributed by atoms with E-state index in [-0.39, 0.29) is 0 Å². The van der Waals surface area contributed by atoms with Gasteiger partial charge in [0.05, 0.1) is 0 Å². The average Bonchev–Trinajstić information content (AvgIpc) is 2.55. The van der Waals surface area contributed by atoms with Gasteiger partial charge in [-0.2, -0.15) is 0 Å². The number of rotatable bonds is 1. The van der Waals surface area contributed by atoms with Gasteiger partial charge in [-0.15, -0.1) is 0 Å². The molecule has 0 aromatic heterocycles. The first-order chi connectivity index (χ1) is 6.03. The maximum absolute atomic E-state index is 6.10. The van der Waals surface area contributed by atoms with Gasteiger partial charge in [0.2, 0.25) is 0 Å². The third-order valence-electron chi connectivity index (χ3n) is 4.27. The molecule has 2 heteroatoms. The lowest BCUT2D eigenvalue weighted by molar-refractivity contribution is 0.192. The number of nitrogens with zero attached hydrogens (tertiary/aromatic N) is 1. The van der Waals surface area contributed by atoms with E-state index >= 15 is 0 Å². The van der Waals surface area contributed by atoms with Crippen molar-refractivity contribution in [2.24, 2.45) is 23.0 Å². The minimum absolute atomic E-state index is 0.431. The Balaban J connectivity index is 1.90. The van der Waals surface area contributed by atoms with Crippen LogP contribution in [0.1, 0.15) is 26.7 Å². The summed E-state index contributed by atoms with van der Waals surface area (Å²) in [6, 6.07) is 0.473. The highest BCUT2D eigenvalue weighted by molar-refractivity contribution is 5.11. The predicted octanol–water partition coefficient (Wildman–Crippen LogP) is 1.31. The standard InChI is InChI=1S/C11H22N2/c1-11(2)9(10(11)12)8-4-6-13(3)7-5-8/h8-10H,4-7,12H2,1-3H3. The molecule has 2 rings (SSSR count). The molecule has 0 bridgehead atoms. The van der Waals surface area contributed by atoms with Crippen molar-refractivity contribution in [3.05, 3.63) is 0 Å². The summed E-state index contributed by atoms with van der Waals surface area (Å²) >= 11 is 0. The Morgan fingerprint density at radius 3 is 2.08 bits per heavy atom. The molecule has 1 heterocycles. The molecular formula is C11H22N2. The Morgan fingerprint density at radius 1 is 1.23 bits per heavy atom. The van der Waals surface area contributed by atoms with Crippen molar-refractivity contribution in [2.45, 2.75) is 32.7 Å². The summed E-state index contributed by atoms with van der Waals surface area (Å²) in [7, 11) is 2.22. The molecule has 0 radical (unpaired) electrons. The maximum Gasteiger partial charge on any atom is 0.0130 e. The van der Waals surface area contributed by atoms with Gasteiger partial charge >= 0.3 is 0 Å². The van der Waals surface area contributed by atoms with Crippen LogP contribution in [0.25, 0.3) is 0 Å². The smallest absolute Gasteiger partial charge is 0.0130 e. The normalized spacial score (nSPS) is 40.6. The van der Waals surface area contributed by atoms with E-state index in [1.807, 2.05) is 0 Å². The zero-order valence-corrected chi connectivity index (χ0v) is 9.09. The largest absolute Gasteiger partial charge is 0.327 e. The van der Waals surface area contributed by atoms with E-state index < -0.39 is 0 Å². The lowest BCUT2D eigenvalue weighted by Crippen LogP contribution is -2.32. The fourth-order valence-electron chi connectivity index (χ4n) is 3.01. The quantitative estimate of drug-likeness (QED) is 0.662. The van der Waals surface area contributed by atoms with Crippen LogP contribution in [-0.2, 0) is 0 Å². The van der Waals surface area contributed by atoms with Gasteiger partial charge in [0, 0.05) is 6.04 Å². The molecule has 2 nitrogen and oxygen atoms in total. The van der Waals surface area contributed by atoms with E-state index in [9.17, 15) is 0 Å². The van der Waals surface area contributed by atoms with Crippen LogP contribution < -0.4 is 5.73 Å². The topological polar surface area (TPSA) is 29.3 Å². The van der Waals surface area contributed by atoms with Crippen LogP contribution in [0.3, 0.4) is 0 Å². The number of likely N-dealkylation sites (tertiary alicyclic amines) is 1. The second-order valence-electron chi connectivity index (χ2n) is 5.51. The van der Waals surface area contributed by atoms with Crippen molar-refractivity contribution in [3.63, 3.8) is 0 Å². The van der Waals surface area contributed by atoms with Gasteiger partial charge in [-0.05, 0) is 50.2 Å². The highest BCUT2D eigenvalue weighted by Gasteiger charge is 2.58. The Bertz CT molecular complexity index is 192. The Kier molecular flexibility index (Phi) is 2.16. The number of nitrogens with two attached hydrogens (primary N) is 1. The van der Waals surface area contributed by atoms with Crippen LogP contribution in [0.5, 0.6) is 0 Å². The highest BCUT2D eigenvalue weighted by atomic mass is 15.1. The molecule has 2 atom stereocenters. The maximum atomic E-state index is 6.10. The Labute approximate surface area is 81.5 Å². The number of piperidine rings is 1. The van der Waals surface area contributed by atoms with Crippen LogP contribution in [0.2, 0.25) is 0 Å². The first kappa shape index (κ1) is 9.47. The van der Waals surface area contributed by atoms with E-state index in [4.69, 9.17) is 5.73 Å². The number of hydrogen-bond donors (Lipinski definition) is 1. The van der Waals surface area contributed by atoms with Gasteiger partial charge in [-0.1, -0.05) is 13.8 Å². The molecule has 0 amide bonds. The van der Waals surface area contributed by atoms with Crippen LogP contribution in [0, 0.1) is 17.3 Å².